The molecule has 0 bridgehead atoms. The summed E-state index contributed by atoms with van der Waals surface area (Å²) in [7, 11) is 4.91. The van der Waals surface area contributed by atoms with Gasteiger partial charge in [0.25, 0.3) is 0 Å². The van der Waals surface area contributed by atoms with Crippen LogP contribution in [0.25, 0.3) is 0 Å². The Balaban J connectivity index is 1.83. The van der Waals surface area contributed by atoms with E-state index in [-0.39, 0.29) is 5.91 Å². The van der Waals surface area contributed by atoms with Crippen LogP contribution in [0.4, 0.5) is 0 Å². The second-order valence-electron chi connectivity index (χ2n) is 9.46. The zero-order valence-corrected chi connectivity index (χ0v) is 23.1. The van der Waals surface area contributed by atoms with Crippen molar-refractivity contribution in [1.29, 1.82) is 0 Å². The average molecular weight is 520 g/mol. The largest absolute Gasteiger partial charge is 0.497 e. The highest BCUT2D eigenvalue weighted by Crippen LogP contribution is 2.39. The number of aliphatic hydroxyl groups is 1. The van der Waals surface area contributed by atoms with E-state index in [2.05, 4.69) is 12.2 Å². The van der Waals surface area contributed by atoms with Crippen molar-refractivity contribution in [1.82, 2.24) is 5.32 Å². The number of rotatable bonds is 15. The summed E-state index contributed by atoms with van der Waals surface area (Å²) in [5.74, 6) is 2.36. The molecular weight excluding hydrogens is 478 g/mol. The Morgan fingerprint density at radius 3 is 1.87 bits per heavy atom. The van der Waals surface area contributed by atoms with Crippen LogP contribution in [-0.4, -0.2) is 38.9 Å². The summed E-state index contributed by atoms with van der Waals surface area (Å²) in [5.41, 5.74) is 1.84. The minimum absolute atomic E-state index is 0.127. The smallest absolute Gasteiger partial charge is 0.219 e. The van der Waals surface area contributed by atoms with Crippen LogP contribution in [0, 0.1) is 0 Å². The molecule has 6 nitrogen and oxygen atoms in total. The quantitative estimate of drug-likeness (QED) is 0.190. The van der Waals surface area contributed by atoms with Crippen molar-refractivity contribution in [3.63, 3.8) is 0 Å². The van der Waals surface area contributed by atoms with E-state index in [1.54, 1.807) is 21.3 Å². The highest BCUT2D eigenvalue weighted by Gasteiger charge is 2.34. The fourth-order valence-corrected chi connectivity index (χ4v) is 4.63. The third-order valence-electron chi connectivity index (χ3n) is 6.92. The van der Waals surface area contributed by atoms with Gasteiger partial charge in [0.05, 0.1) is 21.3 Å². The highest BCUT2D eigenvalue weighted by atomic mass is 16.5. The number of carbonyl (C=O) groups excluding carboxylic acids is 1. The van der Waals surface area contributed by atoms with Crippen molar-refractivity contribution in [2.45, 2.75) is 57.5 Å². The fourth-order valence-electron chi connectivity index (χ4n) is 4.63. The van der Waals surface area contributed by atoms with Gasteiger partial charge in [-0.3, -0.25) is 4.79 Å². The first kappa shape index (κ1) is 29.1. The van der Waals surface area contributed by atoms with Crippen LogP contribution in [0.2, 0.25) is 0 Å². The second-order valence-corrected chi connectivity index (χ2v) is 9.46. The number of carbonyl (C=O) groups is 1. The number of hydrogen-bond acceptors (Lipinski definition) is 5. The molecule has 38 heavy (non-hydrogen) atoms. The number of ether oxygens (including phenoxy) is 3. The van der Waals surface area contributed by atoms with Gasteiger partial charge in [-0.2, -0.15) is 0 Å². The molecule has 3 aromatic rings. The maximum atomic E-state index is 12.3. The van der Waals surface area contributed by atoms with Crippen molar-refractivity contribution >= 4 is 5.91 Å². The summed E-state index contributed by atoms with van der Waals surface area (Å²) < 4.78 is 16.3. The number of aryl methyl sites for hydroxylation is 1. The molecule has 0 saturated carbocycles. The van der Waals surface area contributed by atoms with Crippen LogP contribution in [0.1, 0.15) is 67.7 Å². The van der Waals surface area contributed by atoms with Crippen LogP contribution in [-0.2, 0) is 16.8 Å². The standard InChI is InChI=1S/C32H41NO5/c1-5-6-22-33-31(34)11-9-7-8-10-24-23-27(16-21-30(24)38-4)32(35,25-12-17-28(36-2)18-13-25)26-14-19-29(37-3)20-15-26/h12-21,23,35H,5-11,22H2,1-4H3,(H,33,34). The maximum absolute atomic E-state index is 12.3. The predicted octanol–water partition coefficient (Wildman–Crippen LogP) is 6.02. The van der Waals surface area contributed by atoms with E-state index in [0.717, 1.165) is 84.6 Å². The second kappa shape index (κ2) is 14.4. The molecule has 3 aromatic carbocycles. The van der Waals surface area contributed by atoms with Crippen LogP contribution in [0.15, 0.2) is 66.7 Å². The van der Waals surface area contributed by atoms with Gasteiger partial charge >= 0.3 is 0 Å². The third kappa shape index (κ3) is 7.29. The number of hydrogen-bond donors (Lipinski definition) is 2. The normalized spacial score (nSPS) is 11.2. The lowest BCUT2D eigenvalue weighted by Gasteiger charge is -2.31. The van der Waals surface area contributed by atoms with Gasteiger partial charge in [0.2, 0.25) is 5.91 Å². The summed E-state index contributed by atoms with van der Waals surface area (Å²) in [4.78, 5) is 12.0. The zero-order chi connectivity index (χ0) is 27.4. The number of methoxy groups -OCH3 is 3. The molecule has 0 aliphatic carbocycles. The summed E-state index contributed by atoms with van der Waals surface area (Å²) in [6, 6.07) is 20.8. The summed E-state index contributed by atoms with van der Waals surface area (Å²) in [5, 5.41) is 15.3. The molecule has 0 aromatic heterocycles. The highest BCUT2D eigenvalue weighted by molar-refractivity contribution is 5.75. The van der Waals surface area contributed by atoms with Gasteiger partial charge in [0.1, 0.15) is 22.8 Å². The van der Waals surface area contributed by atoms with Gasteiger partial charge in [0, 0.05) is 13.0 Å². The maximum Gasteiger partial charge on any atom is 0.219 e. The van der Waals surface area contributed by atoms with Crippen molar-refractivity contribution in [3.05, 3.63) is 89.0 Å². The van der Waals surface area contributed by atoms with Gasteiger partial charge in [-0.1, -0.05) is 50.1 Å². The van der Waals surface area contributed by atoms with Crippen LogP contribution >= 0.6 is 0 Å². The minimum atomic E-state index is -1.39. The Hall–Kier alpha value is -3.51. The number of amides is 1. The van der Waals surface area contributed by atoms with Gasteiger partial charge in [0.15, 0.2) is 0 Å². The lowest BCUT2D eigenvalue weighted by molar-refractivity contribution is -0.121. The van der Waals surface area contributed by atoms with E-state index in [1.165, 1.54) is 0 Å². The predicted molar refractivity (Wildman–Crippen MR) is 151 cm³/mol. The number of nitrogens with one attached hydrogen (secondary N) is 1. The molecule has 0 unspecified atom stereocenters. The van der Waals surface area contributed by atoms with E-state index in [0.29, 0.717) is 6.42 Å². The summed E-state index contributed by atoms with van der Waals surface area (Å²) >= 11 is 0. The van der Waals surface area contributed by atoms with Crippen LogP contribution in [0.5, 0.6) is 17.2 Å². The minimum Gasteiger partial charge on any atom is -0.497 e. The van der Waals surface area contributed by atoms with Crippen molar-refractivity contribution in [2.24, 2.45) is 0 Å². The molecule has 0 atom stereocenters. The molecule has 3 rings (SSSR count). The molecule has 0 radical (unpaired) electrons. The average Bonchev–Trinajstić information content (AvgIpc) is 2.96. The molecule has 0 heterocycles. The van der Waals surface area contributed by atoms with E-state index >= 15 is 0 Å². The van der Waals surface area contributed by atoms with E-state index in [1.807, 2.05) is 66.7 Å². The summed E-state index contributed by atoms with van der Waals surface area (Å²) in [6.07, 6.45) is 6.14. The van der Waals surface area contributed by atoms with Crippen molar-refractivity contribution in [2.75, 3.05) is 27.9 Å². The van der Waals surface area contributed by atoms with Gasteiger partial charge in [-0.05, 0) is 84.3 Å². The first-order chi connectivity index (χ1) is 18.5. The van der Waals surface area contributed by atoms with Crippen LogP contribution < -0.4 is 19.5 Å². The van der Waals surface area contributed by atoms with Crippen LogP contribution in [0.3, 0.4) is 0 Å². The molecule has 1 amide bonds. The molecule has 204 valence electrons. The van der Waals surface area contributed by atoms with Crippen molar-refractivity contribution in [3.8, 4) is 17.2 Å². The number of benzene rings is 3. The molecule has 2 N–H and O–H groups in total. The van der Waals surface area contributed by atoms with Gasteiger partial charge in [-0.25, -0.2) is 0 Å². The van der Waals surface area contributed by atoms with E-state index < -0.39 is 5.60 Å². The lowest BCUT2D eigenvalue weighted by atomic mass is 9.79. The molecule has 0 aliphatic heterocycles. The Morgan fingerprint density at radius 1 is 0.763 bits per heavy atom. The Bertz CT molecular complexity index is 1090. The van der Waals surface area contributed by atoms with Crippen molar-refractivity contribution < 1.29 is 24.1 Å². The monoisotopic (exact) mass is 519 g/mol. The van der Waals surface area contributed by atoms with E-state index in [4.69, 9.17) is 14.2 Å². The lowest BCUT2D eigenvalue weighted by Crippen LogP contribution is -2.29. The summed E-state index contributed by atoms with van der Waals surface area (Å²) in [6.45, 7) is 2.87. The molecule has 6 heteroatoms. The Labute approximate surface area is 227 Å². The van der Waals surface area contributed by atoms with Gasteiger partial charge < -0.3 is 24.6 Å². The third-order valence-corrected chi connectivity index (χ3v) is 6.92. The number of unbranched alkanes of at least 4 members (excludes halogenated alkanes) is 3. The zero-order valence-electron chi connectivity index (χ0n) is 23.1. The SMILES string of the molecule is CCCCNC(=O)CCCCCc1cc(C(O)(c2ccc(OC)cc2)c2ccc(OC)cc2)ccc1OC. The Kier molecular flexibility index (Phi) is 11.0. The van der Waals surface area contributed by atoms with E-state index in [9.17, 15) is 9.90 Å². The van der Waals surface area contributed by atoms with Gasteiger partial charge in [-0.15, -0.1) is 0 Å². The first-order valence-electron chi connectivity index (χ1n) is 13.4. The molecule has 0 fully saturated rings. The Morgan fingerprint density at radius 2 is 1.34 bits per heavy atom. The topological polar surface area (TPSA) is 77.0 Å². The fraction of sp³-hybridized carbons (Fsp3) is 0.406. The molecule has 0 aliphatic rings. The molecular formula is C32H41NO5. The molecule has 0 saturated heterocycles. The first-order valence-corrected chi connectivity index (χ1v) is 13.4. The molecule has 0 spiro atoms.